The molecule has 8 heavy (non-hydrogen) atoms. The summed E-state index contributed by atoms with van der Waals surface area (Å²) in [7, 11) is 0. The average Bonchev–Trinajstić information content (AvgIpc) is 1.61. The fourth-order valence-electron chi connectivity index (χ4n) is 0.200. The molecule has 0 bridgehead atoms. The summed E-state index contributed by atoms with van der Waals surface area (Å²) in [5.74, 6) is -0.0725. The standard InChI is InChI=1S/C4H8INO.Rh/c1-4(7)6-3-2-5;/h2-3H2,1H3,(H,6,7);/p-1. The Balaban J connectivity index is 0. The number of hydrogen-bond donors (Lipinski definition) is 0. The Kier molecular flexibility index (Phi) is 11.3. The van der Waals surface area contributed by atoms with Gasteiger partial charge in [0.1, 0.15) is 0 Å². The predicted octanol–water partition coefficient (Wildman–Crippen LogP) is 1.34. The van der Waals surface area contributed by atoms with Crippen LogP contribution in [-0.2, 0) is 24.3 Å². The number of nitrogens with zero attached hydrogens (tertiary/aromatic N) is 1. The molecule has 0 heterocycles. The molecular formula is C4H7INORh-. The van der Waals surface area contributed by atoms with Gasteiger partial charge in [0, 0.05) is 25.4 Å². The van der Waals surface area contributed by atoms with Crippen molar-refractivity contribution in [1.82, 2.24) is 0 Å². The summed E-state index contributed by atoms with van der Waals surface area (Å²) in [6, 6.07) is 0. The Labute approximate surface area is 75.7 Å². The summed E-state index contributed by atoms with van der Waals surface area (Å²) in [5, 5.41) is 3.60. The summed E-state index contributed by atoms with van der Waals surface area (Å²) in [4.78, 5) is 10.0. The molecule has 0 unspecified atom stereocenters. The molecular weight excluding hydrogens is 308 g/mol. The zero-order valence-electron chi connectivity index (χ0n) is 4.48. The fraction of sp³-hybridized carbons (Fsp3) is 0.750. The maximum atomic E-state index is 10.0. The van der Waals surface area contributed by atoms with Crippen LogP contribution in [0.2, 0.25) is 0 Å². The topological polar surface area (TPSA) is 31.2 Å². The first kappa shape index (κ1) is 11.6. The van der Waals surface area contributed by atoms with Crippen molar-refractivity contribution >= 4 is 28.5 Å². The van der Waals surface area contributed by atoms with E-state index in [1.165, 1.54) is 6.92 Å². The van der Waals surface area contributed by atoms with Crippen LogP contribution in [0.4, 0.5) is 0 Å². The van der Waals surface area contributed by atoms with E-state index in [9.17, 15) is 4.79 Å². The van der Waals surface area contributed by atoms with Gasteiger partial charge in [-0.3, -0.25) is 0 Å². The van der Waals surface area contributed by atoms with E-state index in [4.69, 9.17) is 0 Å². The van der Waals surface area contributed by atoms with Gasteiger partial charge in [0.2, 0.25) is 0 Å². The number of hydrogen-bond acceptors (Lipinski definition) is 1. The van der Waals surface area contributed by atoms with E-state index in [0.29, 0.717) is 6.54 Å². The Bertz CT molecular complexity index is 69.1. The maximum Gasteiger partial charge on any atom is 0.0480 e. The van der Waals surface area contributed by atoms with Crippen LogP contribution in [0.15, 0.2) is 0 Å². The molecule has 0 saturated carbocycles. The smallest absolute Gasteiger partial charge is 0.0480 e. The molecule has 0 atom stereocenters. The number of carbonyl (C=O) groups is 1. The summed E-state index contributed by atoms with van der Waals surface area (Å²) in [5.41, 5.74) is 0. The number of carbonyl (C=O) groups excluding carboxylic acids is 1. The van der Waals surface area contributed by atoms with Crippen molar-refractivity contribution in [2.24, 2.45) is 0 Å². The molecule has 2 nitrogen and oxygen atoms in total. The third-order valence-corrected chi connectivity index (χ3v) is 0.901. The van der Waals surface area contributed by atoms with Gasteiger partial charge in [-0.2, -0.15) is 0 Å². The van der Waals surface area contributed by atoms with Crippen LogP contribution < -0.4 is 0 Å². The average molecular weight is 315 g/mol. The minimum absolute atomic E-state index is 0. The van der Waals surface area contributed by atoms with Crippen molar-refractivity contribution in [2.75, 3.05) is 11.0 Å². The largest absolute Gasteiger partial charge is 0.653 e. The summed E-state index contributed by atoms with van der Waals surface area (Å²) < 4.78 is 0.928. The summed E-state index contributed by atoms with van der Waals surface area (Å²) in [6.45, 7) is 2.13. The fourth-order valence-corrected chi connectivity index (χ4v) is 0.441. The van der Waals surface area contributed by atoms with E-state index in [-0.39, 0.29) is 25.4 Å². The minimum Gasteiger partial charge on any atom is -0.653 e. The maximum absolute atomic E-state index is 10.0. The molecule has 0 aliphatic carbocycles. The second-order valence-corrected chi connectivity index (χ2v) is 2.17. The molecule has 0 N–H and O–H groups in total. The third kappa shape index (κ3) is 9.95. The molecule has 0 aromatic carbocycles. The quantitative estimate of drug-likeness (QED) is 0.430. The SMILES string of the molecule is CC(=O)[N-]CCI.[Rh]. The molecule has 4 heteroatoms. The second-order valence-electron chi connectivity index (χ2n) is 1.09. The van der Waals surface area contributed by atoms with Crippen LogP contribution in [0.5, 0.6) is 0 Å². The summed E-state index contributed by atoms with van der Waals surface area (Å²) in [6.07, 6.45) is 0. The Morgan fingerprint density at radius 3 is 2.38 bits per heavy atom. The molecule has 1 radical (unpaired) electrons. The number of amides is 1. The monoisotopic (exact) mass is 315 g/mol. The number of rotatable bonds is 2. The van der Waals surface area contributed by atoms with Crippen LogP contribution in [0.25, 0.3) is 5.32 Å². The van der Waals surface area contributed by atoms with Crippen LogP contribution in [-0.4, -0.2) is 16.9 Å². The molecule has 0 spiro atoms. The zero-order chi connectivity index (χ0) is 5.70. The van der Waals surface area contributed by atoms with E-state index < -0.39 is 0 Å². The van der Waals surface area contributed by atoms with Gasteiger partial charge < -0.3 is 10.1 Å². The van der Waals surface area contributed by atoms with Crippen molar-refractivity contribution in [1.29, 1.82) is 0 Å². The van der Waals surface area contributed by atoms with Crippen molar-refractivity contribution in [3.8, 4) is 0 Å². The molecule has 0 aliphatic heterocycles. The van der Waals surface area contributed by atoms with E-state index in [1.54, 1.807) is 0 Å². The molecule has 0 aromatic heterocycles. The van der Waals surface area contributed by atoms with Gasteiger partial charge in [0.15, 0.2) is 0 Å². The van der Waals surface area contributed by atoms with E-state index in [1.807, 2.05) is 0 Å². The van der Waals surface area contributed by atoms with E-state index >= 15 is 0 Å². The van der Waals surface area contributed by atoms with Crippen molar-refractivity contribution in [3.63, 3.8) is 0 Å². The Morgan fingerprint density at radius 2 is 2.25 bits per heavy atom. The van der Waals surface area contributed by atoms with E-state index in [0.717, 1.165) is 4.43 Å². The second kappa shape index (κ2) is 7.82. The van der Waals surface area contributed by atoms with Crippen molar-refractivity contribution in [2.45, 2.75) is 6.92 Å². The van der Waals surface area contributed by atoms with Crippen molar-refractivity contribution < 1.29 is 24.3 Å². The molecule has 0 saturated heterocycles. The van der Waals surface area contributed by atoms with Crippen LogP contribution in [0.3, 0.4) is 0 Å². The van der Waals surface area contributed by atoms with Crippen LogP contribution in [0.1, 0.15) is 6.92 Å². The number of alkyl halides is 1. The first-order chi connectivity index (χ1) is 3.27. The molecule has 1 amide bonds. The molecule has 0 aliphatic rings. The van der Waals surface area contributed by atoms with E-state index in [2.05, 4.69) is 27.9 Å². The Hall–Kier alpha value is 0.823. The first-order valence-corrected chi connectivity index (χ1v) is 3.54. The minimum atomic E-state index is -0.0725. The Morgan fingerprint density at radius 1 is 1.75 bits per heavy atom. The first-order valence-electron chi connectivity index (χ1n) is 2.01. The van der Waals surface area contributed by atoms with Crippen LogP contribution in [0, 0.1) is 0 Å². The summed E-state index contributed by atoms with van der Waals surface area (Å²) >= 11 is 2.17. The van der Waals surface area contributed by atoms with Gasteiger partial charge >= 0.3 is 0 Å². The van der Waals surface area contributed by atoms with Gasteiger partial charge in [-0.1, -0.05) is 22.6 Å². The van der Waals surface area contributed by atoms with Gasteiger partial charge in [0.25, 0.3) is 0 Å². The normalized spacial score (nSPS) is 7.25. The van der Waals surface area contributed by atoms with Gasteiger partial charge in [0.05, 0.1) is 0 Å². The molecule has 0 rings (SSSR count). The molecule has 0 aromatic rings. The van der Waals surface area contributed by atoms with Gasteiger partial charge in [-0.25, -0.2) is 0 Å². The zero-order valence-corrected chi connectivity index (χ0v) is 8.28. The molecule has 0 fully saturated rings. The van der Waals surface area contributed by atoms with Crippen LogP contribution >= 0.6 is 22.6 Å². The van der Waals surface area contributed by atoms with Gasteiger partial charge in [-0.15, -0.1) is 6.54 Å². The van der Waals surface area contributed by atoms with Gasteiger partial charge in [-0.05, 0) is 11.4 Å². The predicted molar refractivity (Wildman–Crippen MR) is 37.8 cm³/mol. The number of halogens is 1. The molecule has 51 valence electrons. The third-order valence-electron chi connectivity index (χ3n) is 0.419. The van der Waals surface area contributed by atoms with Crippen molar-refractivity contribution in [3.05, 3.63) is 5.32 Å².